The Kier molecular flexibility index (Phi) is 2.94. The molecule has 3 nitrogen and oxygen atoms in total. The van der Waals surface area contributed by atoms with Crippen LogP contribution in [0.15, 0.2) is 35.8 Å². The van der Waals surface area contributed by atoms with Gasteiger partial charge in [-0.1, -0.05) is 24.4 Å². The van der Waals surface area contributed by atoms with Crippen molar-refractivity contribution < 1.29 is 0 Å². The van der Waals surface area contributed by atoms with Crippen LogP contribution in [-0.4, -0.2) is 9.97 Å². The molecular weight excluding hydrogens is 226 g/mol. The molecule has 0 saturated heterocycles. The molecule has 0 aliphatic rings. The monoisotopic (exact) mass is 235 g/mol. The van der Waals surface area contributed by atoms with Crippen molar-refractivity contribution in [2.45, 2.75) is 0 Å². The van der Waals surface area contributed by atoms with E-state index < -0.39 is 0 Å². The molecule has 0 aliphatic carbocycles. The Morgan fingerprint density at radius 3 is 2.87 bits per heavy atom. The molecule has 0 atom stereocenters. The molecule has 1 heterocycles. The van der Waals surface area contributed by atoms with Crippen LogP contribution in [0.2, 0.25) is 0 Å². The van der Waals surface area contributed by atoms with Gasteiger partial charge >= 0.3 is 0 Å². The van der Waals surface area contributed by atoms with Gasteiger partial charge in [-0.15, -0.1) is 11.3 Å². The molecule has 0 saturated carbocycles. The Morgan fingerprint density at radius 2 is 2.20 bits per heavy atom. The minimum atomic E-state index is 0.384. The maximum Gasteiger partial charge on any atom is 0.187 e. The highest BCUT2D eigenvalue weighted by molar-refractivity contribution is 7.80. The third-order valence-corrected chi connectivity index (χ3v) is 2.77. The lowest BCUT2D eigenvalue weighted by Crippen LogP contribution is -2.11. The first-order valence-electron chi connectivity index (χ1n) is 4.33. The van der Waals surface area contributed by atoms with Gasteiger partial charge in [0.05, 0.1) is 5.69 Å². The average molecular weight is 235 g/mol. The van der Waals surface area contributed by atoms with Crippen LogP contribution in [0.5, 0.6) is 0 Å². The van der Waals surface area contributed by atoms with E-state index in [-0.39, 0.29) is 0 Å². The molecule has 0 aliphatic heterocycles. The number of anilines is 2. The van der Waals surface area contributed by atoms with Gasteiger partial charge in [0.25, 0.3) is 0 Å². The summed E-state index contributed by atoms with van der Waals surface area (Å²) in [4.78, 5) is 4.52. The number of aromatic nitrogens is 1. The quantitative estimate of drug-likeness (QED) is 0.803. The zero-order valence-electron chi connectivity index (χ0n) is 7.81. The maximum atomic E-state index is 5.62. The minimum absolute atomic E-state index is 0.384. The fourth-order valence-corrected chi connectivity index (χ4v) is 1.93. The molecule has 1 aromatic carbocycles. The number of nitrogens with one attached hydrogen (secondary N) is 1. The van der Waals surface area contributed by atoms with Crippen LogP contribution in [-0.2, 0) is 0 Å². The molecule has 0 radical (unpaired) electrons. The Balaban J connectivity index is 2.32. The summed E-state index contributed by atoms with van der Waals surface area (Å²) in [6, 6.07) is 7.65. The lowest BCUT2D eigenvalue weighted by atomic mass is 10.2. The molecule has 5 heteroatoms. The number of thiazole rings is 1. The largest absolute Gasteiger partial charge is 0.389 e. The summed E-state index contributed by atoms with van der Waals surface area (Å²) >= 11 is 6.50. The van der Waals surface area contributed by atoms with Crippen molar-refractivity contribution in [2.24, 2.45) is 5.73 Å². The predicted octanol–water partition coefficient (Wildman–Crippen LogP) is 2.52. The first-order valence-corrected chi connectivity index (χ1v) is 5.61. The highest BCUT2D eigenvalue weighted by Gasteiger charge is 2.04. The summed E-state index contributed by atoms with van der Waals surface area (Å²) in [5.74, 6) is 0. The summed E-state index contributed by atoms with van der Waals surface area (Å²) in [7, 11) is 0. The number of rotatable bonds is 3. The Labute approximate surface area is 97.0 Å². The van der Waals surface area contributed by atoms with E-state index in [9.17, 15) is 0 Å². The number of para-hydroxylation sites is 1. The van der Waals surface area contributed by atoms with E-state index in [0.717, 1.165) is 16.4 Å². The lowest BCUT2D eigenvalue weighted by molar-refractivity contribution is 1.39. The van der Waals surface area contributed by atoms with E-state index in [2.05, 4.69) is 10.3 Å². The first-order chi connectivity index (χ1) is 7.27. The molecular formula is C10H9N3S2. The topological polar surface area (TPSA) is 50.9 Å². The van der Waals surface area contributed by atoms with Gasteiger partial charge < -0.3 is 11.1 Å². The highest BCUT2D eigenvalue weighted by Crippen LogP contribution is 2.21. The molecule has 2 rings (SSSR count). The molecule has 0 fully saturated rings. The van der Waals surface area contributed by atoms with Crippen LogP contribution in [0, 0.1) is 0 Å². The second kappa shape index (κ2) is 4.37. The summed E-state index contributed by atoms with van der Waals surface area (Å²) in [5.41, 5.74) is 7.34. The number of benzene rings is 1. The predicted molar refractivity (Wildman–Crippen MR) is 67.7 cm³/mol. The van der Waals surface area contributed by atoms with E-state index >= 15 is 0 Å². The second-order valence-corrected chi connectivity index (χ2v) is 4.21. The Hall–Kier alpha value is -1.46. The molecule has 0 spiro atoms. The van der Waals surface area contributed by atoms with Crippen LogP contribution >= 0.6 is 23.6 Å². The van der Waals surface area contributed by atoms with Crippen molar-refractivity contribution in [1.82, 2.24) is 4.98 Å². The van der Waals surface area contributed by atoms with E-state index in [1.54, 1.807) is 6.20 Å². The summed E-state index contributed by atoms with van der Waals surface area (Å²) < 4.78 is 0. The second-order valence-electron chi connectivity index (χ2n) is 2.87. The van der Waals surface area contributed by atoms with Gasteiger partial charge in [0.2, 0.25) is 0 Å². The zero-order chi connectivity index (χ0) is 10.7. The summed E-state index contributed by atoms with van der Waals surface area (Å²) in [6.45, 7) is 0. The fraction of sp³-hybridized carbons (Fsp3) is 0. The van der Waals surface area contributed by atoms with Crippen molar-refractivity contribution in [1.29, 1.82) is 0 Å². The summed E-state index contributed by atoms with van der Waals surface area (Å²) in [5, 5.41) is 5.91. The standard InChI is InChI=1S/C10H9N3S2/c11-9(14)7-3-1-2-4-8(7)13-10-12-5-6-15-10/h1-6H,(H2,11,14)(H,12,13). The smallest absolute Gasteiger partial charge is 0.187 e. The number of nitrogens with two attached hydrogens (primary N) is 1. The third-order valence-electron chi connectivity index (χ3n) is 1.87. The van der Waals surface area contributed by atoms with Gasteiger partial charge in [-0.25, -0.2) is 4.98 Å². The normalized spacial score (nSPS) is 9.87. The van der Waals surface area contributed by atoms with E-state index in [4.69, 9.17) is 18.0 Å². The highest BCUT2D eigenvalue weighted by atomic mass is 32.1. The Bertz CT molecular complexity index is 465. The van der Waals surface area contributed by atoms with Crippen LogP contribution in [0.3, 0.4) is 0 Å². The summed E-state index contributed by atoms with van der Waals surface area (Å²) in [6.07, 6.45) is 1.75. The molecule has 2 aromatic rings. The van der Waals surface area contributed by atoms with Crippen molar-refractivity contribution in [2.75, 3.05) is 5.32 Å². The van der Waals surface area contributed by atoms with Crippen molar-refractivity contribution in [3.8, 4) is 0 Å². The van der Waals surface area contributed by atoms with Crippen LogP contribution in [0.1, 0.15) is 5.56 Å². The lowest BCUT2D eigenvalue weighted by Gasteiger charge is -2.07. The first kappa shape index (κ1) is 10.1. The van der Waals surface area contributed by atoms with E-state index in [0.29, 0.717) is 4.99 Å². The van der Waals surface area contributed by atoms with E-state index in [1.165, 1.54) is 11.3 Å². The van der Waals surface area contributed by atoms with Gasteiger partial charge in [0.1, 0.15) is 4.99 Å². The van der Waals surface area contributed by atoms with Crippen LogP contribution in [0.4, 0.5) is 10.8 Å². The van der Waals surface area contributed by atoms with Crippen molar-refractivity contribution >= 4 is 39.4 Å². The van der Waals surface area contributed by atoms with Gasteiger partial charge in [0, 0.05) is 17.1 Å². The molecule has 76 valence electrons. The van der Waals surface area contributed by atoms with Gasteiger partial charge in [0.15, 0.2) is 5.13 Å². The minimum Gasteiger partial charge on any atom is -0.389 e. The third kappa shape index (κ3) is 2.31. The van der Waals surface area contributed by atoms with Crippen LogP contribution < -0.4 is 11.1 Å². The Morgan fingerprint density at radius 1 is 1.40 bits per heavy atom. The van der Waals surface area contributed by atoms with Gasteiger partial charge in [-0.2, -0.15) is 0 Å². The fourth-order valence-electron chi connectivity index (χ4n) is 1.21. The SMILES string of the molecule is NC(=S)c1ccccc1Nc1nccs1. The number of hydrogen-bond acceptors (Lipinski definition) is 4. The molecule has 15 heavy (non-hydrogen) atoms. The maximum absolute atomic E-state index is 5.62. The molecule has 0 bridgehead atoms. The average Bonchev–Trinajstić information content (AvgIpc) is 2.71. The number of nitrogens with zero attached hydrogens (tertiary/aromatic N) is 1. The van der Waals surface area contributed by atoms with Gasteiger partial charge in [-0.05, 0) is 12.1 Å². The number of thiocarbonyl (C=S) groups is 1. The van der Waals surface area contributed by atoms with E-state index in [1.807, 2.05) is 29.6 Å². The zero-order valence-corrected chi connectivity index (χ0v) is 9.44. The van der Waals surface area contributed by atoms with Gasteiger partial charge in [-0.3, -0.25) is 0 Å². The van der Waals surface area contributed by atoms with Crippen molar-refractivity contribution in [3.05, 3.63) is 41.4 Å². The molecule has 3 N–H and O–H groups in total. The molecule has 0 unspecified atom stereocenters. The molecule has 1 aromatic heterocycles. The molecule has 0 amide bonds. The van der Waals surface area contributed by atoms with Crippen LogP contribution in [0.25, 0.3) is 0 Å². The van der Waals surface area contributed by atoms with Crippen molar-refractivity contribution in [3.63, 3.8) is 0 Å². The number of hydrogen-bond donors (Lipinski definition) is 2.